The van der Waals surface area contributed by atoms with Gasteiger partial charge in [0, 0.05) is 12.7 Å². The van der Waals surface area contributed by atoms with Crippen LogP contribution in [0.25, 0.3) is 5.65 Å². The Hall–Kier alpha value is -2.13. The molecule has 0 radical (unpaired) electrons. The molecule has 0 saturated carbocycles. The Labute approximate surface area is 116 Å². The average Bonchev–Trinajstić information content (AvgIpc) is 2.75. The molecule has 0 aliphatic carbocycles. The van der Waals surface area contributed by atoms with Crippen molar-refractivity contribution >= 4 is 27.4 Å². The normalized spacial score (nSPS) is 11.7. The smallest absolute Gasteiger partial charge is 0.260 e. The molecule has 0 atom stereocenters. The number of aromatic nitrogens is 2. The SMILES string of the molecule is CCNc1nc2ccccn2c1S(=O)(=O)NCC(N)=O. The number of anilines is 1. The van der Waals surface area contributed by atoms with Crippen molar-refractivity contribution in [2.75, 3.05) is 18.4 Å². The number of primary amides is 1. The first-order chi connectivity index (χ1) is 9.45. The van der Waals surface area contributed by atoms with Crippen molar-refractivity contribution in [3.8, 4) is 0 Å². The maximum atomic E-state index is 12.3. The fraction of sp³-hybridized carbons (Fsp3) is 0.273. The van der Waals surface area contributed by atoms with Crippen molar-refractivity contribution in [1.82, 2.24) is 14.1 Å². The molecule has 4 N–H and O–H groups in total. The zero-order chi connectivity index (χ0) is 14.8. The third-order valence-electron chi connectivity index (χ3n) is 2.52. The second-order valence-electron chi connectivity index (χ2n) is 4.02. The standard InChI is InChI=1S/C11H15N5O3S/c1-2-13-10-11(20(18,19)14-7-8(12)17)16-6-4-3-5-9(16)15-10/h3-6,13-14H,2,7H2,1H3,(H2,12,17). The van der Waals surface area contributed by atoms with Gasteiger partial charge in [0.05, 0.1) is 6.54 Å². The summed E-state index contributed by atoms with van der Waals surface area (Å²) >= 11 is 0. The van der Waals surface area contributed by atoms with E-state index >= 15 is 0 Å². The number of hydrogen-bond acceptors (Lipinski definition) is 5. The maximum Gasteiger partial charge on any atom is 0.260 e. The van der Waals surface area contributed by atoms with Gasteiger partial charge in [-0.25, -0.2) is 18.1 Å². The Morgan fingerprint density at radius 3 is 2.85 bits per heavy atom. The molecule has 9 heteroatoms. The Kier molecular flexibility index (Phi) is 3.91. The van der Waals surface area contributed by atoms with E-state index in [4.69, 9.17) is 5.73 Å². The Bertz CT molecular complexity index is 738. The van der Waals surface area contributed by atoms with Crippen LogP contribution in [-0.4, -0.2) is 36.8 Å². The van der Waals surface area contributed by atoms with Crippen molar-refractivity contribution < 1.29 is 13.2 Å². The van der Waals surface area contributed by atoms with Crippen LogP contribution in [0.4, 0.5) is 5.82 Å². The molecule has 2 heterocycles. The molecular formula is C11H15N5O3S. The van der Waals surface area contributed by atoms with Crippen LogP contribution >= 0.6 is 0 Å². The number of imidazole rings is 1. The molecule has 108 valence electrons. The number of nitrogens with one attached hydrogen (secondary N) is 2. The third kappa shape index (κ3) is 2.73. The summed E-state index contributed by atoms with van der Waals surface area (Å²) in [4.78, 5) is 15.0. The minimum Gasteiger partial charge on any atom is -0.369 e. The van der Waals surface area contributed by atoms with Gasteiger partial charge in [0.15, 0.2) is 10.8 Å². The molecule has 2 aromatic heterocycles. The van der Waals surface area contributed by atoms with Crippen LogP contribution in [0.2, 0.25) is 0 Å². The summed E-state index contributed by atoms with van der Waals surface area (Å²) in [6.07, 6.45) is 1.59. The van der Waals surface area contributed by atoms with Gasteiger partial charge in [-0.15, -0.1) is 0 Å². The average molecular weight is 297 g/mol. The summed E-state index contributed by atoms with van der Waals surface area (Å²) < 4.78 is 28.2. The number of fused-ring (bicyclic) bond motifs is 1. The molecule has 0 aromatic carbocycles. The van der Waals surface area contributed by atoms with E-state index in [-0.39, 0.29) is 10.8 Å². The van der Waals surface area contributed by atoms with Crippen molar-refractivity contribution in [1.29, 1.82) is 0 Å². The van der Waals surface area contributed by atoms with Gasteiger partial charge in [0.25, 0.3) is 10.0 Å². The van der Waals surface area contributed by atoms with E-state index < -0.39 is 22.5 Å². The molecule has 0 aliphatic heterocycles. The van der Waals surface area contributed by atoms with Gasteiger partial charge in [-0.2, -0.15) is 0 Å². The number of pyridine rings is 1. The van der Waals surface area contributed by atoms with E-state index in [0.717, 1.165) is 0 Å². The lowest BCUT2D eigenvalue weighted by Crippen LogP contribution is -2.34. The monoisotopic (exact) mass is 297 g/mol. The maximum absolute atomic E-state index is 12.3. The quantitative estimate of drug-likeness (QED) is 0.666. The molecule has 0 fully saturated rings. The predicted molar refractivity (Wildman–Crippen MR) is 73.7 cm³/mol. The van der Waals surface area contributed by atoms with Crippen LogP contribution in [0.5, 0.6) is 0 Å². The van der Waals surface area contributed by atoms with Gasteiger partial charge < -0.3 is 11.1 Å². The van der Waals surface area contributed by atoms with Gasteiger partial charge in [-0.05, 0) is 19.1 Å². The molecule has 2 aromatic rings. The van der Waals surface area contributed by atoms with Gasteiger partial charge in [0.2, 0.25) is 5.91 Å². The highest BCUT2D eigenvalue weighted by Crippen LogP contribution is 2.22. The lowest BCUT2D eigenvalue weighted by molar-refractivity contribution is -0.116. The summed E-state index contributed by atoms with van der Waals surface area (Å²) in [7, 11) is -3.90. The molecule has 0 spiro atoms. The van der Waals surface area contributed by atoms with E-state index in [1.54, 1.807) is 24.4 Å². The van der Waals surface area contributed by atoms with Crippen LogP contribution in [0.15, 0.2) is 29.4 Å². The van der Waals surface area contributed by atoms with Crippen molar-refractivity contribution in [2.45, 2.75) is 11.9 Å². The van der Waals surface area contributed by atoms with E-state index in [2.05, 4.69) is 15.0 Å². The zero-order valence-corrected chi connectivity index (χ0v) is 11.6. The fourth-order valence-electron chi connectivity index (χ4n) is 1.75. The first-order valence-corrected chi connectivity index (χ1v) is 7.43. The molecule has 2 rings (SSSR count). The first kappa shape index (κ1) is 14.3. The van der Waals surface area contributed by atoms with Gasteiger partial charge in [-0.3, -0.25) is 9.20 Å². The van der Waals surface area contributed by atoms with Crippen molar-refractivity contribution in [3.05, 3.63) is 24.4 Å². The minimum absolute atomic E-state index is 0.0452. The molecule has 0 bridgehead atoms. The number of nitrogens with zero attached hydrogens (tertiary/aromatic N) is 2. The van der Waals surface area contributed by atoms with Gasteiger partial charge >= 0.3 is 0 Å². The highest BCUT2D eigenvalue weighted by Gasteiger charge is 2.25. The second-order valence-corrected chi connectivity index (χ2v) is 5.70. The molecule has 1 amide bonds. The van der Waals surface area contributed by atoms with Crippen molar-refractivity contribution in [2.24, 2.45) is 5.73 Å². The van der Waals surface area contributed by atoms with Crippen LogP contribution in [0, 0.1) is 0 Å². The van der Waals surface area contributed by atoms with Crippen LogP contribution in [0.1, 0.15) is 6.92 Å². The highest BCUT2D eigenvalue weighted by molar-refractivity contribution is 7.89. The fourth-order valence-corrected chi connectivity index (χ4v) is 3.00. The molecule has 20 heavy (non-hydrogen) atoms. The van der Waals surface area contributed by atoms with E-state index in [9.17, 15) is 13.2 Å². The zero-order valence-electron chi connectivity index (χ0n) is 10.8. The number of hydrogen-bond donors (Lipinski definition) is 3. The van der Waals surface area contributed by atoms with Crippen LogP contribution in [0.3, 0.4) is 0 Å². The largest absolute Gasteiger partial charge is 0.369 e. The molecule has 0 aliphatic rings. The lowest BCUT2D eigenvalue weighted by Gasteiger charge is -2.07. The lowest BCUT2D eigenvalue weighted by atomic mass is 10.5. The molecule has 8 nitrogen and oxygen atoms in total. The topological polar surface area (TPSA) is 119 Å². The first-order valence-electron chi connectivity index (χ1n) is 5.94. The summed E-state index contributed by atoms with van der Waals surface area (Å²) in [5, 5.41) is 2.85. The summed E-state index contributed by atoms with van der Waals surface area (Å²) in [6.45, 7) is 1.88. The predicted octanol–water partition coefficient (Wildman–Crippen LogP) is -0.470. The number of carbonyl (C=O) groups is 1. The Morgan fingerprint density at radius 2 is 2.20 bits per heavy atom. The van der Waals surface area contributed by atoms with E-state index in [0.29, 0.717) is 12.2 Å². The summed E-state index contributed by atoms with van der Waals surface area (Å²) in [5.41, 5.74) is 5.45. The molecular weight excluding hydrogens is 282 g/mol. The number of nitrogens with two attached hydrogens (primary N) is 1. The minimum atomic E-state index is -3.90. The highest BCUT2D eigenvalue weighted by atomic mass is 32.2. The molecule has 0 unspecified atom stereocenters. The summed E-state index contributed by atoms with van der Waals surface area (Å²) in [5.74, 6) is -0.525. The number of rotatable bonds is 6. The Balaban J connectivity index is 2.55. The summed E-state index contributed by atoms with van der Waals surface area (Å²) in [6, 6.07) is 5.14. The van der Waals surface area contributed by atoms with E-state index in [1.165, 1.54) is 4.40 Å². The number of carbonyl (C=O) groups excluding carboxylic acids is 1. The van der Waals surface area contributed by atoms with Crippen LogP contribution in [-0.2, 0) is 14.8 Å². The third-order valence-corrected chi connectivity index (χ3v) is 3.94. The number of sulfonamides is 1. The van der Waals surface area contributed by atoms with Crippen molar-refractivity contribution in [3.63, 3.8) is 0 Å². The van der Waals surface area contributed by atoms with Gasteiger partial charge in [0.1, 0.15) is 5.65 Å². The number of amides is 1. The van der Waals surface area contributed by atoms with Gasteiger partial charge in [-0.1, -0.05) is 6.07 Å². The van der Waals surface area contributed by atoms with Crippen LogP contribution < -0.4 is 15.8 Å². The second kappa shape index (κ2) is 5.47. The van der Waals surface area contributed by atoms with E-state index in [1.807, 2.05) is 6.92 Å². The Morgan fingerprint density at radius 1 is 1.45 bits per heavy atom. The molecule has 0 saturated heterocycles.